The fourth-order valence-corrected chi connectivity index (χ4v) is 3.13. The monoisotopic (exact) mass is 325 g/mol. The molecule has 1 saturated heterocycles. The van der Waals surface area contributed by atoms with Gasteiger partial charge in [-0.1, -0.05) is 11.6 Å². The Kier molecular flexibility index (Phi) is 3.89. The van der Waals surface area contributed by atoms with Crippen LogP contribution in [0, 0.1) is 10.1 Å². The number of thiazole rings is 1. The summed E-state index contributed by atoms with van der Waals surface area (Å²) in [4.78, 5) is 23.1. The maximum atomic E-state index is 10.9. The summed E-state index contributed by atoms with van der Waals surface area (Å²) in [5.41, 5.74) is -0.0349. The molecule has 0 aliphatic carbocycles. The Balaban J connectivity index is 1.73. The van der Waals surface area contributed by atoms with Gasteiger partial charge in [0, 0.05) is 37.8 Å². The average molecular weight is 326 g/mol. The molecule has 0 saturated carbocycles. The molecule has 1 fully saturated rings. The minimum Gasteiger partial charge on any atom is -0.353 e. The smallest absolute Gasteiger partial charge is 0.276 e. The van der Waals surface area contributed by atoms with Crippen molar-refractivity contribution in [3.05, 3.63) is 39.0 Å². The molecule has 0 spiro atoms. The number of aromatic nitrogens is 2. The summed E-state index contributed by atoms with van der Waals surface area (Å²) in [6.07, 6.45) is 1.79. The van der Waals surface area contributed by atoms with E-state index in [1.807, 2.05) is 10.3 Å². The SMILES string of the molecule is O=[N+]([O-])c1cc(Cl)nc(N2CCN(c3nccs3)CC2)c1. The predicted molar refractivity (Wildman–Crippen MR) is 82.4 cm³/mol. The number of piperazine rings is 1. The number of anilines is 2. The third kappa shape index (κ3) is 3.06. The highest BCUT2D eigenvalue weighted by Crippen LogP contribution is 2.25. The zero-order valence-corrected chi connectivity index (χ0v) is 12.5. The van der Waals surface area contributed by atoms with Gasteiger partial charge in [-0.15, -0.1) is 11.3 Å². The Morgan fingerprint density at radius 1 is 1.24 bits per heavy atom. The van der Waals surface area contributed by atoms with E-state index in [9.17, 15) is 10.1 Å². The van der Waals surface area contributed by atoms with E-state index < -0.39 is 4.92 Å². The first kappa shape index (κ1) is 14.0. The standard InChI is InChI=1S/C12H12ClN5O2S/c13-10-7-9(18(19)20)8-11(15-10)16-2-4-17(5-3-16)12-14-1-6-21-12/h1,6-8H,2-5H2. The van der Waals surface area contributed by atoms with Gasteiger partial charge in [0.1, 0.15) is 11.0 Å². The molecule has 3 heterocycles. The summed E-state index contributed by atoms with van der Waals surface area (Å²) in [5, 5.41) is 14.0. The molecule has 0 aromatic carbocycles. The number of nitrogens with zero attached hydrogens (tertiary/aromatic N) is 5. The molecule has 7 nitrogen and oxygen atoms in total. The first-order chi connectivity index (χ1) is 10.1. The molecule has 110 valence electrons. The van der Waals surface area contributed by atoms with Gasteiger partial charge >= 0.3 is 0 Å². The van der Waals surface area contributed by atoms with E-state index in [0.717, 1.165) is 31.3 Å². The van der Waals surface area contributed by atoms with Crippen molar-refractivity contribution in [3.8, 4) is 0 Å². The molecule has 0 unspecified atom stereocenters. The van der Waals surface area contributed by atoms with Crippen molar-refractivity contribution in [2.24, 2.45) is 0 Å². The number of halogens is 1. The maximum Gasteiger partial charge on any atom is 0.276 e. The molecule has 0 radical (unpaired) electrons. The minimum atomic E-state index is -0.455. The van der Waals surface area contributed by atoms with Gasteiger partial charge in [-0.05, 0) is 0 Å². The molecule has 21 heavy (non-hydrogen) atoms. The molecule has 1 aliphatic rings. The highest BCUT2D eigenvalue weighted by Gasteiger charge is 2.21. The lowest BCUT2D eigenvalue weighted by Crippen LogP contribution is -2.46. The van der Waals surface area contributed by atoms with Gasteiger partial charge in [-0.25, -0.2) is 9.97 Å². The summed E-state index contributed by atoms with van der Waals surface area (Å²) in [6.45, 7) is 3.05. The highest BCUT2D eigenvalue weighted by atomic mass is 35.5. The van der Waals surface area contributed by atoms with Crippen molar-refractivity contribution >= 4 is 39.6 Å². The van der Waals surface area contributed by atoms with Crippen LogP contribution < -0.4 is 9.80 Å². The quantitative estimate of drug-likeness (QED) is 0.490. The zero-order chi connectivity index (χ0) is 14.8. The lowest BCUT2D eigenvalue weighted by atomic mass is 10.3. The summed E-state index contributed by atoms with van der Waals surface area (Å²) in [6, 6.07) is 2.72. The van der Waals surface area contributed by atoms with Crippen molar-refractivity contribution in [1.29, 1.82) is 0 Å². The summed E-state index contributed by atoms with van der Waals surface area (Å²) < 4.78 is 0. The molecule has 3 rings (SSSR count). The van der Waals surface area contributed by atoms with E-state index in [4.69, 9.17) is 11.6 Å². The Morgan fingerprint density at radius 3 is 2.57 bits per heavy atom. The Hall–Kier alpha value is -1.93. The number of pyridine rings is 1. The molecule has 9 heteroatoms. The van der Waals surface area contributed by atoms with Crippen LogP contribution in [0.15, 0.2) is 23.7 Å². The predicted octanol–water partition coefficient (Wildman–Crippen LogP) is 2.43. The molecular weight excluding hydrogens is 314 g/mol. The van der Waals surface area contributed by atoms with E-state index in [1.165, 1.54) is 12.1 Å². The molecule has 0 atom stereocenters. The van der Waals surface area contributed by atoms with Crippen LogP contribution in [0.1, 0.15) is 0 Å². The second kappa shape index (κ2) is 5.82. The molecule has 2 aromatic rings. The third-order valence-corrected chi connectivity index (χ3v) is 4.30. The van der Waals surface area contributed by atoms with E-state index in [2.05, 4.69) is 14.9 Å². The second-order valence-electron chi connectivity index (χ2n) is 4.55. The topological polar surface area (TPSA) is 75.4 Å². The van der Waals surface area contributed by atoms with Gasteiger partial charge in [0.05, 0.1) is 17.1 Å². The van der Waals surface area contributed by atoms with Crippen LogP contribution in [0.25, 0.3) is 0 Å². The van der Waals surface area contributed by atoms with Crippen LogP contribution in [0.4, 0.5) is 16.6 Å². The van der Waals surface area contributed by atoms with Gasteiger partial charge < -0.3 is 9.80 Å². The lowest BCUT2D eigenvalue weighted by Gasteiger charge is -2.35. The van der Waals surface area contributed by atoms with Crippen molar-refractivity contribution < 1.29 is 4.92 Å². The highest BCUT2D eigenvalue weighted by molar-refractivity contribution is 7.13. The first-order valence-electron chi connectivity index (χ1n) is 6.35. The fourth-order valence-electron chi connectivity index (χ4n) is 2.24. The van der Waals surface area contributed by atoms with Crippen molar-refractivity contribution in [2.45, 2.75) is 0 Å². The van der Waals surface area contributed by atoms with Crippen molar-refractivity contribution in [3.63, 3.8) is 0 Å². The third-order valence-electron chi connectivity index (χ3n) is 3.27. The van der Waals surface area contributed by atoms with E-state index in [-0.39, 0.29) is 10.8 Å². The molecule has 0 bridgehead atoms. The van der Waals surface area contributed by atoms with Crippen LogP contribution in [0.3, 0.4) is 0 Å². The van der Waals surface area contributed by atoms with Crippen LogP contribution in [0.5, 0.6) is 0 Å². The average Bonchev–Trinajstić information content (AvgIpc) is 3.01. The van der Waals surface area contributed by atoms with Gasteiger partial charge in [0.2, 0.25) is 0 Å². The normalized spacial score (nSPS) is 15.3. The fraction of sp³-hybridized carbons (Fsp3) is 0.333. The van der Waals surface area contributed by atoms with Gasteiger partial charge in [-0.3, -0.25) is 10.1 Å². The van der Waals surface area contributed by atoms with Crippen molar-refractivity contribution in [2.75, 3.05) is 36.0 Å². The number of hydrogen-bond acceptors (Lipinski definition) is 7. The van der Waals surface area contributed by atoms with Crippen LogP contribution in [-0.4, -0.2) is 41.1 Å². The summed E-state index contributed by atoms with van der Waals surface area (Å²) in [5.74, 6) is 0.549. The minimum absolute atomic E-state index is 0.0349. The maximum absolute atomic E-state index is 10.9. The molecule has 2 aromatic heterocycles. The number of rotatable bonds is 3. The van der Waals surface area contributed by atoms with E-state index >= 15 is 0 Å². The Morgan fingerprint density at radius 2 is 1.95 bits per heavy atom. The van der Waals surface area contributed by atoms with Gasteiger partial charge in [0.25, 0.3) is 5.69 Å². The van der Waals surface area contributed by atoms with Crippen LogP contribution in [-0.2, 0) is 0 Å². The van der Waals surface area contributed by atoms with E-state index in [1.54, 1.807) is 17.5 Å². The number of nitro groups is 1. The Bertz CT molecular complexity index is 643. The molecular formula is C12H12ClN5O2S. The summed E-state index contributed by atoms with van der Waals surface area (Å²) >= 11 is 7.47. The Labute approximate surface area is 129 Å². The molecule has 0 N–H and O–H groups in total. The van der Waals surface area contributed by atoms with Crippen molar-refractivity contribution in [1.82, 2.24) is 9.97 Å². The van der Waals surface area contributed by atoms with Gasteiger partial charge in [-0.2, -0.15) is 0 Å². The number of hydrogen-bond donors (Lipinski definition) is 0. The molecule has 0 amide bonds. The first-order valence-corrected chi connectivity index (χ1v) is 7.60. The van der Waals surface area contributed by atoms with Crippen LogP contribution >= 0.6 is 22.9 Å². The zero-order valence-electron chi connectivity index (χ0n) is 11.0. The van der Waals surface area contributed by atoms with Crippen LogP contribution in [0.2, 0.25) is 5.15 Å². The largest absolute Gasteiger partial charge is 0.353 e. The van der Waals surface area contributed by atoms with Gasteiger partial charge in [0.15, 0.2) is 5.13 Å². The lowest BCUT2D eigenvalue weighted by molar-refractivity contribution is -0.384. The molecule has 1 aliphatic heterocycles. The summed E-state index contributed by atoms with van der Waals surface area (Å²) in [7, 11) is 0. The van der Waals surface area contributed by atoms with E-state index in [0.29, 0.717) is 5.82 Å². The second-order valence-corrected chi connectivity index (χ2v) is 5.81.